The van der Waals surface area contributed by atoms with Crippen molar-refractivity contribution >= 4 is 17.8 Å². The zero-order valence-corrected chi connectivity index (χ0v) is 22.9. The fourth-order valence-corrected chi connectivity index (χ4v) is 5.62. The third-order valence-electron chi connectivity index (χ3n) is 7.80. The van der Waals surface area contributed by atoms with Crippen LogP contribution in [0.2, 0.25) is 0 Å². The highest BCUT2D eigenvalue weighted by Gasteiger charge is 2.53. The topological polar surface area (TPSA) is 115 Å². The maximum Gasteiger partial charge on any atom is 0.573 e. The molecule has 39 heavy (non-hydrogen) atoms. The summed E-state index contributed by atoms with van der Waals surface area (Å²) in [5.41, 5.74) is 5.49. The molecule has 1 aromatic rings. The minimum atomic E-state index is -4.84. The maximum absolute atomic E-state index is 13.4. The van der Waals surface area contributed by atoms with E-state index in [0.29, 0.717) is 43.6 Å². The van der Waals surface area contributed by atoms with Crippen LogP contribution in [-0.2, 0) is 14.3 Å². The smallest absolute Gasteiger partial charge is 0.487 e. The molecule has 9 nitrogen and oxygen atoms in total. The molecule has 3 aliphatic rings. The molecule has 1 fully saturated rings. The molecule has 12 heteroatoms. The van der Waals surface area contributed by atoms with Gasteiger partial charge in [0.1, 0.15) is 17.1 Å². The van der Waals surface area contributed by atoms with Crippen LogP contribution in [0.4, 0.5) is 13.2 Å². The zero-order valence-electron chi connectivity index (χ0n) is 22.9. The summed E-state index contributed by atoms with van der Waals surface area (Å²) in [6, 6.07) is 2.92. The summed E-state index contributed by atoms with van der Waals surface area (Å²) < 4.78 is 53.8. The largest absolute Gasteiger partial charge is 0.573 e. The average Bonchev–Trinajstić information content (AvgIpc) is 3.60. The summed E-state index contributed by atoms with van der Waals surface area (Å²) in [5.74, 6) is -0.761. The number of nitrogens with two attached hydrogens (primary N) is 1. The second-order valence-electron chi connectivity index (χ2n) is 11.5. The van der Waals surface area contributed by atoms with E-state index in [0.717, 1.165) is 0 Å². The number of nitrogens with zero attached hydrogens (tertiary/aromatic N) is 2. The van der Waals surface area contributed by atoms with E-state index in [1.807, 2.05) is 27.7 Å². The third-order valence-corrected chi connectivity index (χ3v) is 7.80. The summed E-state index contributed by atoms with van der Waals surface area (Å²) in [7, 11) is 1.57. The summed E-state index contributed by atoms with van der Waals surface area (Å²) in [6.07, 6.45) is -2.56. The Balaban J connectivity index is 1.52. The highest BCUT2D eigenvalue weighted by atomic mass is 19.4. The minimum Gasteiger partial charge on any atom is -0.487 e. The molecule has 1 aromatic carbocycles. The van der Waals surface area contributed by atoms with Gasteiger partial charge in [-0.2, -0.15) is 0 Å². The van der Waals surface area contributed by atoms with Gasteiger partial charge in [-0.15, -0.1) is 13.2 Å². The third kappa shape index (κ3) is 6.59. The van der Waals surface area contributed by atoms with Gasteiger partial charge in [-0.3, -0.25) is 14.5 Å². The molecule has 5 atom stereocenters. The van der Waals surface area contributed by atoms with E-state index in [-0.39, 0.29) is 41.9 Å². The van der Waals surface area contributed by atoms with Crippen LogP contribution in [0.15, 0.2) is 23.2 Å². The lowest BCUT2D eigenvalue weighted by Crippen LogP contribution is -2.56. The highest BCUT2D eigenvalue weighted by molar-refractivity contribution is 5.99. The lowest BCUT2D eigenvalue weighted by Gasteiger charge is -2.39. The van der Waals surface area contributed by atoms with Crippen LogP contribution in [0, 0.1) is 11.8 Å². The van der Waals surface area contributed by atoms with Crippen LogP contribution in [0.3, 0.4) is 0 Å². The van der Waals surface area contributed by atoms with Gasteiger partial charge in [0.05, 0.1) is 18.0 Å². The number of hydrogen-bond acceptors (Lipinski definition) is 7. The molecule has 0 radical (unpaired) electrons. The first-order chi connectivity index (χ1) is 18.1. The predicted molar refractivity (Wildman–Crippen MR) is 137 cm³/mol. The van der Waals surface area contributed by atoms with E-state index in [4.69, 9.17) is 15.2 Å². The Morgan fingerprint density at radius 1 is 1.33 bits per heavy atom. The predicted octanol–water partition coefficient (Wildman–Crippen LogP) is 4.06. The van der Waals surface area contributed by atoms with E-state index < -0.39 is 29.5 Å². The molecule has 1 aliphatic carbocycles. The van der Waals surface area contributed by atoms with Crippen LogP contribution in [-0.4, -0.2) is 59.9 Å². The van der Waals surface area contributed by atoms with Gasteiger partial charge in [-0.05, 0) is 64.2 Å². The highest BCUT2D eigenvalue weighted by Crippen LogP contribution is 2.47. The van der Waals surface area contributed by atoms with E-state index in [2.05, 4.69) is 15.0 Å². The molecule has 0 spiro atoms. The number of benzene rings is 1. The summed E-state index contributed by atoms with van der Waals surface area (Å²) in [4.78, 5) is 32.7. The maximum atomic E-state index is 13.4. The van der Waals surface area contributed by atoms with Gasteiger partial charge in [0.15, 0.2) is 5.96 Å². The molecule has 4 rings (SSSR count). The summed E-state index contributed by atoms with van der Waals surface area (Å²) in [5, 5.41) is 3.02. The van der Waals surface area contributed by atoms with Crippen LogP contribution in [0.5, 0.6) is 11.5 Å². The van der Waals surface area contributed by atoms with Gasteiger partial charge in [0, 0.05) is 37.7 Å². The first kappa shape index (κ1) is 29.0. The van der Waals surface area contributed by atoms with Crippen molar-refractivity contribution in [1.29, 1.82) is 0 Å². The number of fused-ring (bicyclic) bond motifs is 1. The number of hydrogen-bond donors (Lipinski definition) is 2. The van der Waals surface area contributed by atoms with E-state index in [1.165, 1.54) is 23.1 Å². The summed E-state index contributed by atoms with van der Waals surface area (Å²) >= 11 is 0. The van der Waals surface area contributed by atoms with Gasteiger partial charge in [0.2, 0.25) is 11.8 Å². The second-order valence-corrected chi connectivity index (χ2v) is 11.5. The van der Waals surface area contributed by atoms with Crippen molar-refractivity contribution in [3.05, 3.63) is 23.8 Å². The average molecular weight is 555 g/mol. The van der Waals surface area contributed by atoms with Crippen LogP contribution in [0.1, 0.15) is 71.4 Å². The number of methoxy groups -OCH3 is 1. The molecular formula is C27H37F3N4O5. The number of carbonyl (C=O) groups excluding carboxylic acids is 2. The lowest BCUT2D eigenvalue weighted by molar-refractivity contribution is -0.274. The Morgan fingerprint density at radius 3 is 2.67 bits per heavy atom. The molecule has 1 saturated carbocycles. The molecule has 2 heterocycles. The fraction of sp³-hybridized carbons (Fsp3) is 0.667. The molecule has 2 amide bonds. The first-order valence-electron chi connectivity index (χ1n) is 13.2. The number of aliphatic imine (C=N–C) groups is 1. The van der Waals surface area contributed by atoms with Crippen molar-refractivity contribution < 1.29 is 37.0 Å². The monoisotopic (exact) mass is 554 g/mol. The Morgan fingerprint density at radius 2 is 2.05 bits per heavy atom. The van der Waals surface area contributed by atoms with Crippen molar-refractivity contribution in [2.75, 3.05) is 13.7 Å². The molecule has 3 N–H and O–H groups in total. The number of halogens is 3. The Bertz CT molecular complexity index is 1140. The van der Waals surface area contributed by atoms with Gasteiger partial charge in [0.25, 0.3) is 0 Å². The van der Waals surface area contributed by atoms with E-state index in [9.17, 15) is 22.8 Å². The number of nitrogens with one attached hydrogen (secondary N) is 1. The SMILES string of the molecule is CC[C@@]1(C)CC(=O)N([C@H](CCOC)[C@H]2CC2C(=O)N[C@H]2CC(C)(C)Oc3ccc(OC(F)(F)F)cc32)C(N)=N1. The molecule has 0 bridgehead atoms. The van der Waals surface area contributed by atoms with Crippen molar-refractivity contribution in [1.82, 2.24) is 10.2 Å². The molecule has 1 unspecified atom stereocenters. The zero-order chi connectivity index (χ0) is 28.8. The normalized spacial score (nSPS) is 28.6. The molecule has 216 valence electrons. The molecule has 2 aliphatic heterocycles. The quantitative estimate of drug-likeness (QED) is 0.476. The van der Waals surface area contributed by atoms with Gasteiger partial charge in [-0.25, -0.2) is 4.99 Å². The number of guanidine groups is 1. The standard InChI is InChI=1S/C27H37F3N4O5/c1-6-26(4)14-22(35)34(24(31)33-26)20(9-10-37-5)16-12-17(16)23(36)32-19-13-25(2,3)39-21-8-7-15(11-18(19)21)38-27(28,29)30/h7-8,11,16-17,19-20H,6,9-10,12-14H2,1-5H3,(H2,31,33)(H,32,36)/t16-,17?,19-,20+,26-/m0/s1. The van der Waals surface area contributed by atoms with Crippen molar-refractivity contribution in [3.8, 4) is 11.5 Å². The number of rotatable bonds is 9. The van der Waals surface area contributed by atoms with Crippen molar-refractivity contribution in [2.24, 2.45) is 22.6 Å². The number of amides is 2. The van der Waals surface area contributed by atoms with Gasteiger partial charge in [-0.1, -0.05) is 6.92 Å². The van der Waals surface area contributed by atoms with Crippen molar-refractivity contribution in [3.63, 3.8) is 0 Å². The number of ether oxygens (including phenoxy) is 3. The molecular weight excluding hydrogens is 517 g/mol. The second kappa shape index (κ2) is 10.5. The van der Waals surface area contributed by atoms with Gasteiger partial charge >= 0.3 is 6.36 Å². The number of carbonyl (C=O) groups is 2. The van der Waals surface area contributed by atoms with Crippen LogP contribution in [0.25, 0.3) is 0 Å². The van der Waals surface area contributed by atoms with Crippen LogP contribution < -0.4 is 20.5 Å². The molecule has 0 saturated heterocycles. The van der Waals surface area contributed by atoms with Gasteiger partial charge < -0.3 is 25.3 Å². The first-order valence-corrected chi connectivity index (χ1v) is 13.2. The summed E-state index contributed by atoms with van der Waals surface area (Å²) in [6.45, 7) is 7.93. The fourth-order valence-electron chi connectivity index (χ4n) is 5.62. The minimum absolute atomic E-state index is 0.128. The Labute approximate surface area is 226 Å². The van der Waals surface area contributed by atoms with E-state index >= 15 is 0 Å². The van der Waals surface area contributed by atoms with E-state index in [1.54, 1.807) is 7.11 Å². The Hall–Kier alpha value is -3.02. The van der Waals surface area contributed by atoms with Crippen molar-refractivity contribution in [2.45, 2.75) is 89.4 Å². The lowest BCUT2D eigenvalue weighted by atomic mass is 9.89. The van der Waals surface area contributed by atoms with Crippen LogP contribution >= 0.6 is 0 Å². The number of alkyl halides is 3. The Kier molecular flexibility index (Phi) is 7.81. The molecule has 0 aromatic heterocycles.